The maximum atomic E-state index is 2.32. The maximum absolute atomic E-state index is 2.32. The Kier molecular flexibility index (Phi) is 18.7. The summed E-state index contributed by atoms with van der Waals surface area (Å²) >= 11 is 4.12. The van der Waals surface area contributed by atoms with Crippen LogP contribution in [0.1, 0.15) is 77.0 Å². The van der Waals surface area contributed by atoms with Crippen molar-refractivity contribution in [2.75, 3.05) is 0 Å². The molecule has 0 N–H and O–H groups in total. The quantitative estimate of drug-likeness (QED) is 0.238. The number of rotatable bonds is 0. The van der Waals surface area contributed by atoms with Crippen LogP contribution in [0.4, 0.5) is 0 Å². The van der Waals surface area contributed by atoms with E-state index < -0.39 is 0 Å². The average molecular weight is 540 g/mol. The van der Waals surface area contributed by atoms with E-state index in [4.69, 9.17) is 0 Å². The van der Waals surface area contributed by atoms with Crippen molar-refractivity contribution >= 4 is 19.6 Å². The van der Waals surface area contributed by atoms with Gasteiger partial charge in [-0.1, -0.05) is 50.0 Å². The van der Waals surface area contributed by atoms with Crippen LogP contribution in [0.25, 0.3) is 0 Å². The third-order valence-electron chi connectivity index (χ3n) is 3.32. The summed E-state index contributed by atoms with van der Waals surface area (Å²) in [6, 6.07) is 0. The fourth-order valence-electron chi connectivity index (χ4n) is 2.23. The molecule has 108 valence electrons. The zero-order valence-corrected chi connectivity index (χ0v) is 16.1. The summed E-state index contributed by atoms with van der Waals surface area (Å²) in [6.45, 7) is 0. The molecule has 18 heavy (non-hydrogen) atoms. The van der Waals surface area contributed by atoms with Crippen LogP contribution in [-0.4, -0.2) is 0 Å². The van der Waals surface area contributed by atoms with Gasteiger partial charge in [-0.2, -0.15) is 0 Å². The van der Waals surface area contributed by atoms with E-state index in [1.54, 1.807) is 0 Å². The number of allylic oxidation sites excluding steroid dienone is 4. The van der Waals surface area contributed by atoms with Gasteiger partial charge in [0.15, 0.2) is 0 Å². The van der Waals surface area contributed by atoms with Gasteiger partial charge in [-0.3, -0.25) is 0 Å². The van der Waals surface area contributed by atoms with E-state index in [9.17, 15) is 0 Å². The molecule has 0 aromatic rings. The van der Waals surface area contributed by atoms with Gasteiger partial charge < -0.3 is 0 Å². The first-order valence-electron chi connectivity index (χ1n) is 7.43. The van der Waals surface area contributed by atoms with E-state index in [0.29, 0.717) is 0 Å². The average Bonchev–Trinajstić information content (AvgIpc) is 2.30. The molecule has 0 nitrogen and oxygen atoms in total. The molecule has 0 aromatic heterocycles. The van der Waals surface area contributed by atoms with Gasteiger partial charge in [0.05, 0.1) is 0 Å². The van der Waals surface area contributed by atoms with Gasteiger partial charge in [-0.15, -0.1) is 0 Å². The molecule has 0 bridgehead atoms. The Bertz CT molecular complexity index is 157. The standard InChI is InChI=1S/2C8H14.HI.Ir/c2*1-2-4-6-8-7-5-3-1;;/h2*1-2H,3-8H2;1H;/q;;;+1/p-1/b2*2-1-;;. The molecule has 0 unspecified atom stereocenters. The monoisotopic (exact) mass is 540 g/mol. The van der Waals surface area contributed by atoms with Gasteiger partial charge in [-0.05, 0) is 51.4 Å². The van der Waals surface area contributed by atoms with E-state index >= 15 is 0 Å². The van der Waals surface area contributed by atoms with Gasteiger partial charge in [0, 0.05) is 0 Å². The Balaban J connectivity index is 0.000000283. The van der Waals surface area contributed by atoms with E-state index in [-0.39, 0.29) is 0 Å². The summed E-state index contributed by atoms with van der Waals surface area (Å²) in [5, 5.41) is 0. The van der Waals surface area contributed by atoms with Crippen molar-refractivity contribution in [3.8, 4) is 0 Å². The molecule has 0 saturated heterocycles. The molecule has 0 saturated carbocycles. The molecule has 0 spiro atoms. The molecule has 2 aliphatic carbocycles. The predicted octanol–water partition coefficient (Wildman–Crippen LogP) is 6.68. The van der Waals surface area contributed by atoms with Gasteiger partial charge in [0.1, 0.15) is 0 Å². The molecule has 0 aliphatic heterocycles. The van der Waals surface area contributed by atoms with Crippen LogP contribution in [-0.2, 0) is 15.3 Å². The minimum absolute atomic E-state index is 1.32. The van der Waals surface area contributed by atoms with Crippen LogP contribution in [0.5, 0.6) is 0 Å². The molecule has 0 atom stereocenters. The second-order valence-corrected chi connectivity index (χ2v) is 4.93. The molecule has 0 radical (unpaired) electrons. The van der Waals surface area contributed by atoms with E-state index in [1.165, 1.54) is 77.0 Å². The molecule has 2 heteroatoms. The van der Waals surface area contributed by atoms with Crippen molar-refractivity contribution in [3.63, 3.8) is 0 Å². The van der Waals surface area contributed by atoms with Crippen LogP contribution >= 0.6 is 19.6 Å². The van der Waals surface area contributed by atoms with Crippen molar-refractivity contribution < 1.29 is 15.3 Å². The molecular weight excluding hydrogens is 511 g/mol. The number of halogens is 1. The van der Waals surface area contributed by atoms with Crippen LogP contribution < -0.4 is 0 Å². The Morgan fingerprint density at radius 1 is 0.444 bits per heavy atom. The summed E-state index contributed by atoms with van der Waals surface area (Å²) in [5.74, 6) is 0. The van der Waals surface area contributed by atoms with Crippen LogP contribution in [0, 0.1) is 0 Å². The van der Waals surface area contributed by atoms with Gasteiger partial charge in [-0.25, -0.2) is 0 Å². The van der Waals surface area contributed by atoms with Crippen LogP contribution in [0.15, 0.2) is 24.3 Å². The molecule has 0 fully saturated rings. The van der Waals surface area contributed by atoms with E-state index in [0.717, 1.165) is 0 Å². The Morgan fingerprint density at radius 3 is 0.889 bits per heavy atom. The van der Waals surface area contributed by atoms with Crippen molar-refractivity contribution in [1.29, 1.82) is 0 Å². The predicted molar refractivity (Wildman–Crippen MR) is 87.7 cm³/mol. The van der Waals surface area contributed by atoms with E-state index in [2.05, 4.69) is 43.9 Å². The summed E-state index contributed by atoms with van der Waals surface area (Å²) in [7, 11) is 0. The first kappa shape index (κ1) is 18.9. The summed E-state index contributed by atoms with van der Waals surface area (Å²) in [5.41, 5.74) is 0. The third kappa shape index (κ3) is 14.9. The third-order valence-corrected chi connectivity index (χ3v) is 3.32. The fourth-order valence-corrected chi connectivity index (χ4v) is 2.23. The first-order valence-corrected chi connectivity index (χ1v) is 14.2. The second kappa shape index (κ2) is 17.9. The topological polar surface area (TPSA) is 0 Å². The Labute approximate surface area is 135 Å². The number of hydrogen-bond acceptors (Lipinski definition) is 0. The van der Waals surface area contributed by atoms with Crippen molar-refractivity contribution in [2.24, 2.45) is 0 Å². The molecular formula is C16H28IIr. The summed E-state index contributed by atoms with van der Waals surface area (Å²) in [4.78, 5) is 0. The zero-order valence-electron chi connectivity index (χ0n) is 11.5. The SMILES string of the molecule is C1=C\CCCCCC/1.C1=C\CCCCCC/1.[I][Ir]. The second-order valence-electron chi connectivity index (χ2n) is 4.93. The fraction of sp³-hybridized carbons (Fsp3) is 0.750. The molecule has 2 rings (SSSR count). The van der Waals surface area contributed by atoms with Gasteiger partial charge >= 0.3 is 34.9 Å². The zero-order chi connectivity index (χ0) is 13.3. The Hall–Kier alpha value is 0.859. The minimum atomic E-state index is 1.32. The van der Waals surface area contributed by atoms with Gasteiger partial charge in [0.2, 0.25) is 0 Å². The van der Waals surface area contributed by atoms with Crippen molar-refractivity contribution in [2.45, 2.75) is 77.0 Å². The normalized spacial score (nSPS) is 23.5. The van der Waals surface area contributed by atoms with Crippen LogP contribution in [0.3, 0.4) is 0 Å². The van der Waals surface area contributed by atoms with E-state index in [1.807, 2.05) is 15.3 Å². The summed E-state index contributed by atoms with van der Waals surface area (Å²) in [6.07, 6.45) is 26.0. The van der Waals surface area contributed by atoms with Crippen LogP contribution in [0.2, 0.25) is 0 Å². The van der Waals surface area contributed by atoms with Crippen molar-refractivity contribution in [1.82, 2.24) is 0 Å². The molecule has 2 aliphatic rings. The summed E-state index contributed by atoms with van der Waals surface area (Å²) < 4.78 is 0. The molecule has 0 aromatic carbocycles. The number of hydrogen-bond donors (Lipinski definition) is 0. The van der Waals surface area contributed by atoms with Crippen molar-refractivity contribution in [3.05, 3.63) is 24.3 Å². The molecule has 0 heterocycles. The molecule has 0 amide bonds. The van der Waals surface area contributed by atoms with Gasteiger partial charge in [0.25, 0.3) is 0 Å². The Morgan fingerprint density at radius 2 is 0.667 bits per heavy atom. The first-order chi connectivity index (χ1) is 9.00.